The van der Waals surface area contributed by atoms with Crippen molar-refractivity contribution in [2.45, 2.75) is 26.2 Å². The lowest BCUT2D eigenvalue weighted by Gasteiger charge is -2.01. The average Bonchev–Trinajstić information content (AvgIpc) is 2.17. The molecule has 1 radical (unpaired) electrons. The molecule has 0 aliphatic rings. The molecule has 0 saturated carbocycles. The van der Waals surface area contributed by atoms with Crippen LogP contribution >= 0.6 is 0 Å². The van der Waals surface area contributed by atoms with Crippen LogP contribution in [0.4, 0.5) is 5.69 Å². The molecular formula is C11H14NO. The lowest BCUT2D eigenvalue weighted by atomic mass is 10.1. The lowest BCUT2D eigenvalue weighted by molar-refractivity contribution is 0.561. The zero-order valence-electron chi connectivity index (χ0n) is 7.84. The van der Waals surface area contributed by atoms with Gasteiger partial charge in [0.05, 0.1) is 0 Å². The number of carbonyl (C=O) groups excluding carboxylic acids is 1. The van der Waals surface area contributed by atoms with Crippen LogP contribution < -0.4 is 5.32 Å². The summed E-state index contributed by atoms with van der Waals surface area (Å²) in [7, 11) is 0. The van der Waals surface area contributed by atoms with Crippen LogP contribution in [0.5, 0.6) is 0 Å². The van der Waals surface area contributed by atoms with Crippen molar-refractivity contribution in [3.8, 4) is 0 Å². The predicted octanol–water partition coefficient (Wildman–Crippen LogP) is 2.51. The van der Waals surface area contributed by atoms with Gasteiger partial charge in [-0.3, -0.25) is 4.79 Å². The molecule has 2 nitrogen and oxygen atoms in total. The third kappa shape index (κ3) is 3.28. The maximum Gasteiger partial charge on any atom is 0.314 e. The van der Waals surface area contributed by atoms with E-state index in [2.05, 4.69) is 12.2 Å². The second-order valence-electron chi connectivity index (χ2n) is 3.03. The fourth-order valence-corrected chi connectivity index (χ4v) is 1.19. The van der Waals surface area contributed by atoms with Gasteiger partial charge in [-0.2, -0.15) is 0 Å². The van der Waals surface area contributed by atoms with Crippen LogP contribution in [0.2, 0.25) is 0 Å². The maximum absolute atomic E-state index is 10.00. The molecule has 0 aliphatic heterocycles. The molecule has 1 amide bonds. The van der Waals surface area contributed by atoms with E-state index in [4.69, 9.17) is 0 Å². The van der Waals surface area contributed by atoms with Crippen molar-refractivity contribution in [3.05, 3.63) is 29.8 Å². The fourth-order valence-electron chi connectivity index (χ4n) is 1.19. The summed E-state index contributed by atoms with van der Waals surface area (Å²) in [5.41, 5.74) is 2.12. The Morgan fingerprint density at radius 1 is 1.31 bits per heavy atom. The van der Waals surface area contributed by atoms with E-state index in [0.717, 1.165) is 12.1 Å². The van der Waals surface area contributed by atoms with Gasteiger partial charge in [0.25, 0.3) is 0 Å². The van der Waals surface area contributed by atoms with E-state index in [0.29, 0.717) is 0 Å². The van der Waals surface area contributed by atoms with Crippen molar-refractivity contribution < 1.29 is 4.79 Å². The standard InChI is InChI=1S/C11H14NO/c1-2-3-4-10-5-7-11(8-6-10)12-9-13/h5-8H,2-4H2,1H3,(H,12,13). The zero-order chi connectivity index (χ0) is 9.52. The molecule has 0 saturated heterocycles. The summed E-state index contributed by atoms with van der Waals surface area (Å²) >= 11 is 0. The Labute approximate surface area is 79.0 Å². The van der Waals surface area contributed by atoms with Gasteiger partial charge in [0, 0.05) is 5.69 Å². The van der Waals surface area contributed by atoms with Gasteiger partial charge in [0.2, 0.25) is 0 Å². The molecule has 0 aliphatic carbocycles. The first-order chi connectivity index (χ1) is 6.36. The van der Waals surface area contributed by atoms with Crippen molar-refractivity contribution in [1.82, 2.24) is 0 Å². The molecule has 0 bridgehead atoms. The molecular weight excluding hydrogens is 162 g/mol. The smallest absolute Gasteiger partial charge is 0.314 e. The van der Waals surface area contributed by atoms with Crippen LogP contribution in [0, 0.1) is 0 Å². The van der Waals surface area contributed by atoms with Gasteiger partial charge in [-0.1, -0.05) is 25.5 Å². The van der Waals surface area contributed by atoms with E-state index in [1.165, 1.54) is 18.4 Å². The highest BCUT2D eigenvalue weighted by Gasteiger charge is 1.93. The fraction of sp³-hybridized carbons (Fsp3) is 0.364. The second-order valence-corrected chi connectivity index (χ2v) is 3.03. The molecule has 1 rings (SSSR count). The van der Waals surface area contributed by atoms with E-state index < -0.39 is 0 Å². The van der Waals surface area contributed by atoms with Crippen LogP contribution in [0.3, 0.4) is 0 Å². The molecule has 1 aromatic carbocycles. The Kier molecular flexibility index (Phi) is 4.03. The summed E-state index contributed by atoms with van der Waals surface area (Å²) in [4.78, 5) is 10.00. The Bertz CT molecular complexity index is 253. The molecule has 1 aromatic rings. The molecule has 1 N–H and O–H groups in total. The molecule has 2 heteroatoms. The minimum absolute atomic E-state index is 0.801. The number of anilines is 1. The minimum atomic E-state index is 0.801. The Morgan fingerprint density at radius 3 is 2.54 bits per heavy atom. The van der Waals surface area contributed by atoms with Gasteiger partial charge < -0.3 is 5.32 Å². The van der Waals surface area contributed by atoms with Crippen molar-refractivity contribution in [3.63, 3.8) is 0 Å². The largest absolute Gasteiger partial charge is 0.318 e. The Hall–Kier alpha value is -1.31. The summed E-state index contributed by atoms with van der Waals surface area (Å²) < 4.78 is 0. The van der Waals surface area contributed by atoms with Crippen LogP contribution in [0.1, 0.15) is 25.3 Å². The van der Waals surface area contributed by atoms with Crippen LogP contribution in [0.25, 0.3) is 0 Å². The average molecular weight is 176 g/mol. The van der Waals surface area contributed by atoms with Crippen molar-refractivity contribution in [2.24, 2.45) is 0 Å². The van der Waals surface area contributed by atoms with Gasteiger partial charge >= 0.3 is 6.41 Å². The quantitative estimate of drug-likeness (QED) is 0.686. The molecule has 13 heavy (non-hydrogen) atoms. The number of benzene rings is 1. The monoisotopic (exact) mass is 176 g/mol. The molecule has 0 unspecified atom stereocenters. The predicted molar refractivity (Wildman–Crippen MR) is 54.4 cm³/mol. The van der Waals surface area contributed by atoms with E-state index in [9.17, 15) is 4.79 Å². The number of amides is 1. The van der Waals surface area contributed by atoms with Crippen LogP contribution in [-0.2, 0) is 11.2 Å². The summed E-state index contributed by atoms with van der Waals surface area (Å²) in [6.07, 6.45) is 5.18. The molecule has 69 valence electrons. The summed E-state index contributed by atoms with van der Waals surface area (Å²) in [6.45, 7) is 2.18. The van der Waals surface area contributed by atoms with E-state index in [1.54, 1.807) is 6.41 Å². The molecule has 0 aromatic heterocycles. The second kappa shape index (κ2) is 5.36. The topological polar surface area (TPSA) is 29.1 Å². The third-order valence-corrected chi connectivity index (χ3v) is 1.97. The SMILES string of the molecule is CCCCc1ccc(N[C]=O)cc1. The van der Waals surface area contributed by atoms with E-state index in [-0.39, 0.29) is 0 Å². The van der Waals surface area contributed by atoms with Crippen LogP contribution in [0.15, 0.2) is 24.3 Å². The first-order valence-electron chi connectivity index (χ1n) is 4.59. The van der Waals surface area contributed by atoms with Gasteiger partial charge in [0.1, 0.15) is 0 Å². The lowest BCUT2D eigenvalue weighted by Crippen LogP contribution is -1.93. The molecule has 0 spiro atoms. The van der Waals surface area contributed by atoms with Gasteiger partial charge in [-0.05, 0) is 30.5 Å². The van der Waals surface area contributed by atoms with Crippen molar-refractivity contribution in [1.29, 1.82) is 0 Å². The number of nitrogens with one attached hydrogen (secondary N) is 1. The van der Waals surface area contributed by atoms with Crippen LogP contribution in [-0.4, -0.2) is 6.41 Å². The first-order valence-corrected chi connectivity index (χ1v) is 4.59. The Balaban J connectivity index is 2.53. The zero-order valence-corrected chi connectivity index (χ0v) is 7.84. The number of rotatable bonds is 5. The van der Waals surface area contributed by atoms with E-state index in [1.807, 2.05) is 24.3 Å². The highest BCUT2D eigenvalue weighted by Crippen LogP contribution is 2.10. The number of unbranched alkanes of at least 4 members (excludes halogenated alkanes) is 1. The highest BCUT2D eigenvalue weighted by molar-refractivity contribution is 5.71. The maximum atomic E-state index is 10.00. The van der Waals surface area contributed by atoms with Gasteiger partial charge in [0.15, 0.2) is 0 Å². The summed E-state index contributed by atoms with van der Waals surface area (Å²) in [6, 6.07) is 7.87. The number of hydrogen-bond acceptors (Lipinski definition) is 1. The van der Waals surface area contributed by atoms with Crippen molar-refractivity contribution >= 4 is 12.1 Å². The number of hydrogen-bond donors (Lipinski definition) is 1. The first kappa shape index (κ1) is 9.78. The van der Waals surface area contributed by atoms with Gasteiger partial charge in [-0.15, -0.1) is 0 Å². The summed E-state index contributed by atoms with van der Waals surface area (Å²) in [5, 5.41) is 2.49. The normalized spacial score (nSPS) is 9.62. The Morgan fingerprint density at radius 2 is 2.00 bits per heavy atom. The van der Waals surface area contributed by atoms with Gasteiger partial charge in [-0.25, -0.2) is 0 Å². The molecule has 0 fully saturated rings. The van der Waals surface area contributed by atoms with Crippen molar-refractivity contribution in [2.75, 3.05) is 5.32 Å². The highest BCUT2D eigenvalue weighted by atomic mass is 16.1. The summed E-state index contributed by atoms with van der Waals surface area (Å²) in [5.74, 6) is 0. The van der Waals surface area contributed by atoms with E-state index >= 15 is 0 Å². The molecule has 0 atom stereocenters. The minimum Gasteiger partial charge on any atom is -0.318 e. The third-order valence-electron chi connectivity index (χ3n) is 1.97. The number of aryl methyl sites for hydroxylation is 1. The molecule has 0 heterocycles.